The van der Waals surface area contributed by atoms with Gasteiger partial charge in [0.1, 0.15) is 5.82 Å². The van der Waals surface area contributed by atoms with Crippen molar-refractivity contribution in [2.75, 3.05) is 18.0 Å². The van der Waals surface area contributed by atoms with Gasteiger partial charge in [0.05, 0.1) is 0 Å². The minimum atomic E-state index is -0.0874. The molecule has 3 rings (SSSR count). The molecule has 0 amide bonds. The van der Waals surface area contributed by atoms with Crippen LogP contribution in [0.15, 0.2) is 18.2 Å². The van der Waals surface area contributed by atoms with Crippen LogP contribution in [0.1, 0.15) is 24.8 Å². The van der Waals surface area contributed by atoms with Gasteiger partial charge < -0.3 is 10.2 Å². The van der Waals surface area contributed by atoms with Crippen LogP contribution >= 0.6 is 0 Å². The Morgan fingerprint density at radius 3 is 3.12 bits per heavy atom. The van der Waals surface area contributed by atoms with Crippen LogP contribution in [-0.2, 0) is 0 Å². The number of piperazine rings is 1. The maximum absolute atomic E-state index is 13.6. The molecule has 0 spiro atoms. The monoisotopic (exact) mass is 234 g/mol. The fraction of sp³-hybridized carbons (Fsp3) is 0.571. The highest BCUT2D eigenvalue weighted by Crippen LogP contribution is 2.32. The Kier molecular flexibility index (Phi) is 2.79. The molecule has 0 radical (unpaired) electrons. The summed E-state index contributed by atoms with van der Waals surface area (Å²) in [5.74, 6) is -0.0874. The van der Waals surface area contributed by atoms with Crippen molar-refractivity contribution >= 4 is 5.69 Å². The molecule has 1 heterocycles. The molecule has 2 aliphatic rings. The fourth-order valence-electron chi connectivity index (χ4n) is 3.29. The van der Waals surface area contributed by atoms with E-state index >= 15 is 0 Å². The predicted molar refractivity (Wildman–Crippen MR) is 67.9 cm³/mol. The summed E-state index contributed by atoms with van der Waals surface area (Å²) in [5.41, 5.74) is 1.88. The molecule has 1 N–H and O–H groups in total. The second-order valence-electron chi connectivity index (χ2n) is 5.14. The second-order valence-corrected chi connectivity index (χ2v) is 5.14. The third kappa shape index (κ3) is 1.82. The molecule has 1 aromatic carbocycles. The Labute approximate surface area is 102 Å². The maximum Gasteiger partial charge on any atom is 0.128 e. The Hall–Kier alpha value is -1.09. The first kappa shape index (κ1) is 11.0. The van der Waals surface area contributed by atoms with Crippen LogP contribution in [0, 0.1) is 12.7 Å². The molecule has 2 nitrogen and oxygen atoms in total. The fourth-order valence-corrected chi connectivity index (χ4v) is 3.29. The van der Waals surface area contributed by atoms with Crippen molar-refractivity contribution in [3.05, 3.63) is 29.6 Å². The summed E-state index contributed by atoms with van der Waals surface area (Å²) in [7, 11) is 0. The first-order valence-electron chi connectivity index (χ1n) is 6.52. The minimum absolute atomic E-state index is 0.0874. The molecule has 2 fully saturated rings. The zero-order chi connectivity index (χ0) is 11.8. The molecular formula is C14H19FN2. The van der Waals surface area contributed by atoms with Crippen LogP contribution < -0.4 is 10.2 Å². The number of hydrogen-bond acceptors (Lipinski definition) is 2. The zero-order valence-electron chi connectivity index (χ0n) is 10.2. The highest BCUT2D eigenvalue weighted by molar-refractivity contribution is 5.55. The molecule has 1 saturated heterocycles. The Morgan fingerprint density at radius 2 is 2.24 bits per heavy atom. The lowest BCUT2D eigenvalue weighted by atomic mass is 10.0. The van der Waals surface area contributed by atoms with Crippen LogP contribution in [0.5, 0.6) is 0 Å². The summed E-state index contributed by atoms with van der Waals surface area (Å²) in [6.45, 7) is 3.89. The van der Waals surface area contributed by atoms with E-state index in [1.54, 1.807) is 6.07 Å². The van der Waals surface area contributed by atoms with Gasteiger partial charge in [-0.15, -0.1) is 0 Å². The van der Waals surface area contributed by atoms with E-state index in [0.717, 1.165) is 24.3 Å². The molecule has 3 heteroatoms. The van der Waals surface area contributed by atoms with Crippen molar-refractivity contribution < 1.29 is 4.39 Å². The van der Waals surface area contributed by atoms with Gasteiger partial charge >= 0.3 is 0 Å². The van der Waals surface area contributed by atoms with Crippen LogP contribution in [0.4, 0.5) is 10.1 Å². The standard InChI is InChI=1S/C14H19FN2/c1-10-11(15)4-2-6-13(10)17-9-8-16-12-5-3-7-14(12)17/h2,4,6,12,14,16H,3,5,7-9H2,1H3/t12-,14-/m0/s1. The molecule has 0 unspecified atom stereocenters. The average molecular weight is 234 g/mol. The van der Waals surface area contributed by atoms with Crippen molar-refractivity contribution in [2.45, 2.75) is 38.3 Å². The molecule has 92 valence electrons. The van der Waals surface area contributed by atoms with Crippen molar-refractivity contribution in [3.8, 4) is 0 Å². The largest absolute Gasteiger partial charge is 0.365 e. The van der Waals surface area contributed by atoms with Gasteiger partial charge in [0.15, 0.2) is 0 Å². The first-order chi connectivity index (χ1) is 8.27. The van der Waals surface area contributed by atoms with Crippen LogP contribution in [0.3, 0.4) is 0 Å². The van der Waals surface area contributed by atoms with Gasteiger partial charge in [-0.25, -0.2) is 4.39 Å². The predicted octanol–water partition coefficient (Wildman–Crippen LogP) is 2.46. The molecular weight excluding hydrogens is 215 g/mol. The average Bonchev–Trinajstić information content (AvgIpc) is 2.81. The van der Waals surface area contributed by atoms with Gasteiger partial charge in [-0.2, -0.15) is 0 Å². The molecule has 1 saturated carbocycles. The van der Waals surface area contributed by atoms with Gasteiger partial charge in [-0.3, -0.25) is 0 Å². The van der Waals surface area contributed by atoms with Crippen LogP contribution in [0.25, 0.3) is 0 Å². The number of benzene rings is 1. The maximum atomic E-state index is 13.6. The molecule has 2 atom stereocenters. The Bertz CT molecular complexity index is 419. The number of hydrogen-bond donors (Lipinski definition) is 1. The minimum Gasteiger partial charge on any atom is -0.365 e. The van der Waals surface area contributed by atoms with E-state index in [2.05, 4.69) is 16.3 Å². The van der Waals surface area contributed by atoms with Crippen molar-refractivity contribution in [3.63, 3.8) is 0 Å². The highest BCUT2D eigenvalue weighted by Gasteiger charge is 2.35. The Morgan fingerprint density at radius 1 is 1.35 bits per heavy atom. The van der Waals surface area contributed by atoms with Crippen LogP contribution in [-0.4, -0.2) is 25.2 Å². The molecule has 1 aliphatic heterocycles. The number of nitrogens with zero attached hydrogens (tertiary/aromatic N) is 1. The van der Waals surface area contributed by atoms with Gasteiger partial charge in [0, 0.05) is 36.4 Å². The third-order valence-corrected chi connectivity index (χ3v) is 4.19. The van der Waals surface area contributed by atoms with Gasteiger partial charge in [0.2, 0.25) is 0 Å². The molecule has 17 heavy (non-hydrogen) atoms. The normalized spacial score (nSPS) is 28.2. The number of rotatable bonds is 1. The summed E-state index contributed by atoms with van der Waals surface area (Å²) in [6, 6.07) is 6.59. The van der Waals surface area contributed by atoms with E-state index in [0.29, 0.717) is 12.1 Å². The SMILES string of the molecule is Cc1c(F)cccc1N1CCN[C@H]2CCC[C@@H]21. The number of halogens is 1. The van der Waals surface area contributed by atoms with Gasteiger partial charge in [-0.05, 0) is 38.3 Å². The Balaban J connectivity index is 1.94. The lowest BCUT2D eigenvalue weighted by Gasteiger charge is -2.40. The quantitative estimate of drug-likeness (QED) is 0.803. The van der Waals surface area contributed by atoms with E-state index in [1.165, 1.54) is 19.3 Å². The highest BCUT2D eigenvalue weighted by atomic mass is 19.1. The molecule has 1 aliphatic carbocycles. The van der Waals surface area contributed by atoms with Crippen molar-refractivity contribution in [1.29, 1.82) is 0 Å². The number of fused-ring (bicyclic) bond motifs is 1. The van der Waals surface area contributed by atoms with Crippen molar-refractivity contribution in [1.82, 2.24) is 5.32 Å². The van der Waals surface area contributed by atoms with E-state index in [-0.39, 0.29) is 5.82 Å². The second kappa shape index (κ2) is 4.30. The van der Waals surface area contributed by atoms with E-state index in [1.807, 2.05) is 13.0 Å². The smallest absolute Gasteiger partial charge is 0.128 e. The van der Waals surface area contributed by atoms with Crippen molar-refractivity contribution in [2.24, 2.45) is 0 Å². The molecule has 0 aromatic heterocycles. The zero-order valence-corrected chi connectivity index (χ0v) is 10.2. The number of anilines is 1. The topological polar surface area (TPSA) is 15.3 Å². The van der Waals surface area contributed by atoms with E-state index < -0.39 is 0 Å². The summed E-state index contributed by atoms with van der Waals surface area (Å²) in [5, 5.41) is 3.58. The van der Waals surface area contributed by atoms with E-state index in [4.69, 9.17) is 0 Å². The molecule has 1 aromatic rings. The first-order valence-corrected chi connectivity index (χ1v) is 6.52. The van der Waals surface area contributed by atoms with Gasteiger partial charge in [-0.1, -0.05) is 6.07 Å². The number of nitrogens with one attached hydrogen (secondary N) is 1. The summed E-state index contributed by atoms with van der Waals surface area (Å²) >= 11 is 0. The summed E-state index contributed by atoms with van der Waals surface area (Å²) < 4.78 is 13.6. The lowest BCUT2D eigenvalue weighted by molar-refractivity contribution is 0.403. The summed E-state index contributed by atoms with van der Waals surface area (Å²) in [6.07, 6.45) is 3.77. The van der Waals surface area contributed by atoms with Crippen LogP contribution in [0.2, 0.25) is 0 Å². The van der Waals surface area contributed by atoms with E-state index in [9.17, 15) is 4.39 Å². The third-order valence-electron chi connectivity index (χ3n) is 4.19. The summed E-state index contributed by atoms with van der Waals surface area (Å²) in [4.78, 5) is 2.41. The van der Waals surface area contributed by atoms with Gasteiger partial charge in [0.25, 0.3) is 0 Å². The molecule has 0 bridgehead atoms. The lowest BCUT2D eigenvalue weighted by Crippen LogP contribution is -2.55.